The second-order valence-electron chi connectivity index (χ2n) is 4.66. The predicted molar refractivity (Wildman–Crippen MR) is 84.9 cm³/mol. The van der Waals surface area contributed by atoms with E-state index in [1.165, 1.54) is 0 Å². The summed E-state index contributed by atoms with van der Waals surface area (Å²) in [5.41, 5.74) is 7.48. The van der Waals surface area contributed by atoms with Crippen LogP contribution in [0.15, 0.2) is 59.0 Å². The van der Waals surface area contributed by atoms with E-state index in [9.17, 15) is 0 Å². The van der Waals surface area contributed by atoms with E-state index in [-0.39, 0.29) is 6.01 Å². The van der Waals surface area contributed by atoms with Gasteiger partial charge in [0.2, 0.25) is 5.89 Å². The number of nitrogens with zero attached hydrogens (tertiary/aromatic N) is 2. The van der Waals surface area contributed by atoms with Gasteiger partial charge < -0.3 is 14.9 Å². The summed E-state index contributed by atoms with van der Waals surface area (Å²) in [6, 6.07) is 17.9. The molecule has 1 heterocycles. The van der Waals surface area contributed by atoms with Crippen LogP contribution in [0.25, 0.3) is 12.2 Å². The smallest absolute Gasteiger partial charge is 0.313 e. The summed E-state index contributed by atoms with van der Waals surface area (Å²) in [6.07, 6.45) is 3.57. The Morgan fingerprint density at radius 2 is 1.86 bits per heavy atom. The first-order valence-electron chi connectivity index (χ1n) is 6.83. The van der Waals surface area contributed by atoms with Gasteiger partial charge in [-0.3, -0.25) is 0 Å². The van der Waals surface area contributed by atoms with Crippen LogP contribution < -0.4 is 10.5 Å². The van der Waals surface area contributed by atoms with Gasteiger partial charge in [0.25, 0.3) is 0 Å². The summed E-state index contributed by atoms with van der Waals surface area (Å²) in [6.45, 7) is 0.536. The number of anilines is 1. The molecule has 22 heavy (non-hydrogen) atoms. The van der Waals surface area contributed by atoms with Gasteiger partial charge in [0.15, 0.2) is 0 Å². The predicted octanol–water partition coefficient (Wildman–Crippen LogP) is 3.40. The van der Waals surface area contributed by atoms with Crippen LogP contribution in [0.3, 0.4) is 0 Å². The monoisotopic (exact) mass is 293 g/mol. The Hall–Kier alpha value is -3.08. The van der Waals surface area contributed by atoms with Crippen molar-refractivity contribution in [1.82, 2.24) is 10.2 Å². The fraction of sp³-hybridized carbons (Fsp3) is 0.0588. The van der Waals surface area contributed by atoms with Crippen LogP contribution in [0.1, 0.15) is 17.0 Å². The van der Waals surface area contributed by atoms with Crippen molar-refractivity contribution in [3.05, 3.63) is 71.6 Å². The maximum absolute atomic E-state index is 5.78. The number of hydrogen-bond acceptors (Lipinski definition) is 5. The first kappa shape index (κ1) is 13.9. The lowest BCUT2D eigenvalue weighted by molar-refractivity contribution is 0.306. The highest BCUT2D eigenvalue weighted by Crippen LogP contribution is 2.17. The van der Waals surface area contributed by atoms with Gasteiger partial charge >= 0.3 is 6.01 Å². The second kappa shape index (κ2) is 6.58. The van der Waals surface area contributed by atoms with Crippen LogP contribution in [0, 0.1) is 0 Å². The van der Waals surface area contributed by atoms with E-state index >= 15 is 0 Å². The van der Waals surface area contributed by atoms with Crippen LogP contribution in [0.5, 0.6) is 5.75 Å². The topological polar surface area (TPSA) is 74.2 Å². The highest BCUT2D eigenvalue weighted by atomic mass is 16.5. The molecule has 0 atom stereocenters. The molecule has 0 aliphatic carbocycles. The van der Waals surface area contributed by atoms with E-state index in [0.717, 1.165) is 16.9 Å². The Labute approximate surface area is 128 Å². The molecular weight excluding hydrogens is 278 g/mol. The molecule has 0 saturated heterocycles. The summed E-state index contributed by atoms with van der Waals surface area (Å²) in [5.74, 6) is 1.17. The third-order valence-corrected chi connectivity index (χ3v) is 2.98. The van der Waals surface area contributed by atoms with Gasteiger partial charge in [0.05, 0.1) is 0 Å². The van der Waals surface area contributed by atoms with Crippen LogP contribution >= 0.6 is 0 Å². The van der Waals surface area contributed by atoms with Crippen molar-refractivity contribution < 1.29 is 9.15 Å². The van der Waals surface area contributed by atoms with Crippen molar-refractivity contribution in [3.63, 3.8) is 0 Å². The summed E-state index contributed by atoms with van der Waals surface area (Å²) in [4.78, 5) is 0. The quantitative estimate of drug-likeness (QED) is 0.780. The van der Waals surface area contributed by atoms with Crippen molar-refractivity contribution in [2.24, 2.45) is 0 Å². The zero-order valence-corrected chi connectivity index (χ0v) is 11.8. The number of ether oxygens (including phenoxy) is 1. The molecular formula is C17H15N3O2. The molecule has 0 saturated carbocycles. The lowest BCUT2D eigenvalue weighted by Crippen LogP contribution is -1.94. The highest BCUT2D eigenvalue weighted by molar-refractivity contribution is 5.66. The number of benzene rings is 2. The molecule has 0 bridgehead atoms. The van der Waals surface area contributed by atoms with Gasteiger partial charge in [-0.1, -0.05) is 47.6 Å². The van der Waals surface area contributed by atoms with E-state index in [1.807, 2.05) is 60.7 Å². The van der Waals surface area contributed by atoms with Crippen LogP contribution in [0.2, 0.25) is 0 Å². The van der Waals surface area contributed by atoms with E-state index in [2.05, 4.69) is 10.2 Å². The molecule has 3 aromatic rings. The number of rotatable bonds is 5. The Balaban J connectivity index is 1.66. The summed E-state index contributed by atoms with van der Waals surface area (Å²) < 4.78 is 10.9. The molecule has 2 aromatic carbocycles. The van der Waals surface area contributed by atoms with Crippen LogP contribution in [0.4, 0.5) is 6.01 Å². The number of nitrogen functional groups attached to an aromatic ring is 1. The molecule has 0 aliphatic rings. The fourth-order valence-electron chi connectivity index (χ4n) is 1.93. The summed E-state index contributed by atoms with van der Waals surface area (Å²) >= 11 is 0. The number of nitrogens with two attached hydrogens (primary N) is 1. The van der Waals surface area contributed by atoms with Gasteiger partial charge in [-0.15, -0.1) is 5.10 Å². The largest absolute Gasteiger partial charge is 0.489 e. The summed E-state index contributed by atoms with van der Waals surface area (Å²) in [7, 11) is 0. The third-order valence-electron chi connectivity index (χ3n) is 2.98. The fourth-order valence-corrected chi connectivity index (χ4v) is 1.93. The molecule has 5 heteroatoms. The molecule has 0 unspecified atom stereocenters. The molecule has 0 fully saturated rings. The molecule has 3 rings (SSSR count). The van der Waals surface area contributed by atoms with Crippen LogP contribution in [-0.4, -0.2) is 10.2 Å². The standard InChI is InChI=1S/C17H15N3O2/c18-17-20-19-16(22-17)10-9-13-7-4-8-15(11-13)21-12-14-5-2-1-3-6-14/h1-11H,12H2,(H2,18,20). The maximum Gasteiger partial charge on any atom is 0.313 e. The average Bonchev–Trinajstić information content (AvgIpc) is 2.98. The minimum absolute atomic E-state index is 0.0552. The number of hydrogen-bond donors (Lipinski definition) is 1. The molecule has 0 aliphatic heterocycles. The van der Waals surface area contributed by atoms with Gasteiger partial charge in [-0.2, -0.15) is 0 Å². The molecule has 0 radical (unpaired) electrons. The van der Waals surface area contributed by atoms with E-state index < -0.39 is 0 Å². The molecule has 0 spiro atoms. The zero-order valence-electron chi connectivity index (χ0n) is 11.8. The van der Waals surface area contributed by atoms with Gasteiger partial charge in [0, 0.05) is 6.08 Å². The minimum atomic E-state index is 0.0552. The normalized spacial score (nSPS) is 10.9. The van der Waals surface area contributed by atoms with Gasteiger partial charge in [0.1, 0.15) is 12.4 Å². The first-order chi connectivity index (χ1) is 10.8. The van der Waals surface area contributed by atoms with Gasteiger partial charge in [-0.05, 0) is 29.3 Å². The van der Waals surface area contributed by atoms with E-state index in [1.54, 1.807) is 6.08 Å². The lowest BCUT2D eigenvalue weighted by atomic mass is 10.2. The van der Waals surface area contributed by atoms with E-state index in [0.29, 0.717) is 12.5 Å². The highest BCUT2D eigenvalue weighted by Gasteiger charge is 1.99. The molecule has 1 aromatic heterocycles. The second-order valence-corrected chi connectivity index (χ2v) is 4.66. The zero-order chi connectivity index (χ0) is 15.2. The molecule has 0 amide bonds. The van der Waals surface area contributed by atoms with Crippen LogP contribution in [-0.2, 0) is 6.61 Å². The SMILES string of the molecule is Nc1nnc(C=Cc2cccc(OCc3ccccc3)c2)o1. The van der Waals surface area contributed by atoms with Gasteiger partial charge in [-0.25, -0.2) is 0 Å². The lowest BCUT2D eigenvalue weighted by Gasteiger charge is -2.06. The van der Waals surface area contributed by atoms with Crippen molar-refractivity contribution in [3.8, 4) is 5.75 Å². The Morgan fingerprint density at radius 3 is 2.64 bits per heavy atom. The van der Waals surface area contributed by atoms with Crippen molar-refractivity contribution >= 4 is 18.2 Å². The van der Waals surface area contributed by atoms with Crippen molar-refractivity contribution in [2.75, 3.05) is 5.73 Å². The third kappa shape index (κ3) is 3.73. The molecule has 5 nitrogen and oxygen atoms in total. The Morgan fingerprint density at radius 1 is 1.00 bits per heavy atom. The Kier molecular flexibility index (Phi) is 4.15. The average molecular weight is 293 g/mol. The first-order valence-corrected chi connectivity index (χ1v) is 6.83. The molecule has 2 N–H and O–H groups in total. The Bertz CT molecular complexity index is 766. The minimum Gasteiger partial charge on any atom is -0.489 e. The molecule has 110 valence electrons. The van der Waals surface area contributed by atoms with Crippen molar-refractivity contribution in [1.29, 1.82) is 0 Å². The summed E-state index contributed by atoms with van der Waals surface area (Å²) in [5, 5.41) is 7.36. The van der Waals surface area contributed by atoms with E-state index in [4.69, 9.17) is 14.9 Å². The van der Waals surface area contributed by atoms with Crippen molar-refractivity contribution in [2.45, 2.75) is 6.61 Å². The maximum atomic E-state index is 5.78. The number of aromatic nitrogens is 2.